The number of hydrogen-bond acceptors (Lipinski definition) is 3. The molecular weight excluding hydrogens is 318 g/mol. The maximum absolute atomic E-state index is 12.4. The van der Waals surface area contributed by atoms with E-state index in [1.807, 2.05) is 53.2 Å². The van der Waals surface area contributed by atoms with Crippen LogP contribution in [-0.2, 0) is 4.79 Å². The van der Waals surface area contributed by atoms with Gasteiger partial charge in [0.05, 0.1) is 11.4 Å². The molecule has 0 N–H and O–H groups in total. The van der Waals surface area contributed by atoms with Crippen molar-refractivity contribution >= 4 is 23.4 Å². The fourth-order valence-electron chi connectivity index (χ4n) is 2.43. The second-order valence-electron chi connectivity index (χ2n) is 5.44. The molecule has 0 atom stereocenters. The summed E-state index contributed by atoms with van der Waals surface area (Å²) < 4.78 is 2.02. The number of thioether (sulfide) groups is 1. The number of para-hydroxylation sites is 2. The molecule has 0 saturated carbocycles. The Labute approximate surface area is 146 Å². The van der Waals surface area contributed by atoms with Crippen molar-refractivity contribution in [2.75, 3.05) is 17.7 Å². The molecule has 1 aromatic heterocycles. The first-order valence-electron chi connectivity index (χ1n) is 7.70. The summed E-state index contributed by atoms with van der Waals surface area (Å²) in [5.74, 6) is 0.388. The van der Waals surface area contributed by atoms with Gasteiger partial charge in [-0.05, 0) is 30.7 Å². The van der Waals surface area contributed by atoms with Crippen LogP contribution < -0.4 is 4.90 Å². The third-order valence-corrected chi connectivity index (χ3v) is 4.78. The van der Waals surface area contributed by atoms with Crippen LogP contribution in [0.4, 0.5) is 5.69 Å². The van der Waals surface area contributed by atoms with E-state index < -0.39 is 0 Å². The zero-order valence-electron chi connectivity index (χ0n) is 13.7. The molecule has 0 aliphatic carbocycles. The summed E-state index contributed by atoms with van der Waals surface area (Å²) in [6, 6.07) is 17.8. The highest BCUT2D eigenvalue weighted by atomic mass is 32.2. The molecule has 24 heavy (non-hydrogen) atoms. The van der Waals surface area contributed by atoms with Gasteiger partial charge in [0, 0.05) is 25.1 Å². The van der Waals surface area contributed by atoms with Crippen molar-refractivity contribution in [2.24, 2.45) is 0 Å². The van der Waals surface area contributed by atoms with E-state index in [-0.39, 0.29) is 5.91 Å². The fraction of sp³-hybridized carbons (Fsp3) is 0.158. The monoisotopic (exact) mass is 337 g/mol. The number of carbonyl (C=O) groups is 1. The summed E-state index contributed by atoms with van der Waals surface area (Å²) in [4.78, 5) is 18.5. The van der Waals surface area contributed by atoms with Crippen molar-refractivity contribution in [2.45, 2.75) is 12.1 Å². The standard InChI is InChI=1S/C19H19N3OS/c1-15-8-6-7-11-17(15)22-13-12-20-19(22)24-14-18(23)21(2)16-9-4-3-5-10-16/h3-13H,14H2,1-2H3. The third kappa shape index (κ3) is 3.51. The zero-order valence-corrected chi connectivity index (χ0v) is 14.5. The van der Waals surface area contributed by atoms with Gasteiger partial charge in [0.2, 0.25) is 5.91 Å². The van der Waals surface area contributed by atoms with Gasteiger partial charge >= 0.3 is 0 Å². The Balaban J connectivity index is 1.71. The number of benzene rings is 2. The first kappa shape index (κ1) is 16.3. The van der Waals surface area contributed by atoms with Crippen molar-refractivity contribution in [3.8, 4) is 5.69 Å². The second kappa shape index (κ2) is 7.36. The summed E-state index contributed by atoms with van der Waals surface area (Å²) in [7, 11) is 1.80. The molecule has 0 fully saturated rings. The lowest BCUT2D eigenvalue weighted by Gasteiger charge is -2.17. The second-order valence-corrected chi connectivity index (χ2v) is 6.39. The summed E-state index contributed by atoms with van der Waals surface area (Å²) in [5.41, 5.74) is 3.15. The van der Waals surface area contributed by atoms with E-state index in [0.717, 1.165) is 16.5 Å². The van der Waals surface area contributed by atoms with Crippen LogP contribution in [0.25, 0.3) is 5.69 Å². The fourth-order valence-corrected chi connectivity index (χ4v) is 3.31. The Morgan fingerprint density at radius 2 is 1.83 bits per heavy atom. The number of aryl methyl sites for hydroxylation is 1. The van der Waals surface area contributed by atoms with Crippen molar-refractivity contribution < 1.29 is 4.79 Å². The normalized spacial score (nSPS) is 10.6. The molecule has 1 heterocycles. The van der Waals surface area contributed by atoms with Crippen LogP contribution >= 0.6 is 11.8 Å². The number of imidazole rings is 1. The molecule has 0 saturated heterocycles. The van der Waals surface area contributed by atoms with Gasteiger partial charge in [-0.3, -0.25) is 9.36 Å². The predicted molar refractivity (Wildman–Crippen MR) is 98.9 cm³/mol. The molecule has 0 aliphatic heterocycles. The summed E-state index contributed by atoms with van der Waals surface area (Å²) in [6.45, 7) is 2.07. The lowest BCUT2D eigenvalue weighted by Crippen LogP contribution is -2.27. The molecular formula is C19H19N3OS. The Kier molecular flexibility index (Phi) is 5.01. The molecule has 3 rings (SSSR count). The summed E-state index contributed by atoms with van der Waals surface area (Å²) in [5, 5.41) is 0.819. The lowest BCUT2D eigenvalue weighted by atomic mass is 10.2. The number of nitrogens with zero attached hydrogens (tertiary/aromatic N) is 3. The van der Waals surface area contributed by atoms with Crippen molar-refractivity contribution in [1.82, 2.24) is 9.55 Å². The Morgan fingerprint density at radius 1 is 1.12 bits per heavy atom. The maximum atomic E-state index is 12.4. The molecule has 0 aliphatic rings. The van der Waals surface area contributed by atoms with E-state index >= 15 is 0 Å². The van der Waals surface area contributed by atoms with Crippen molar-refractivity contribution in [1.29, 1.82) is 0 Å². The number of hydrogen-bond donors (Lipinski definition) is 0. The highest BCUT2D eigenvalue weighted by Crippen LogP contribution is 2.23. The molecule has 3 aromatic rings. The Morgan fingerprint density at radius 3 is 2.58 bits per heavy atom. The van der Waals surface area contributed by atoms with Crippen molar-refractivity contribution in [3.05, 3.63) is 72.6 Å². The van der Waals surface area contributed by atoms with Crippen LogP contribution in [0.1, 0.15) is 5.56 Å². The summed E-state index contributed by atoms with van der Waals surface area (Å²) in [6.07, 6.45) is 3.69. The van der Waals surface area contributed by atoms with E-state index in [4.69, 9.17) is 0 Å². The molecule has 2 aromatic carbocycles. The van der Waals surface area contributed by atoms with Crippen LogP contribution in [-0.4, -0.2) is 28.3 Å². The SMILES string of the molecule is Cc1ccccc1-n1ccnc1SCC(=O)N(C)c1ccccc1. The highest BCUT2D eigenvalue weighted by molar-refractivity contribution is 7.99. The van der Waals surface area contributed by atoms with Gasteiger partial charge in [-0.1, -0.05) is 48.2 Å². The number of amides is 1. The number of rotatable bonds is 5. The average Bonchev–Trinajstić information content (AvgIpc) is 3.08. The third-order valence-electron chi connectivity index (χ3n) is 3.82. The maximum Gasteiger partial charge on any atom is 0.237 e. The zero-order chi connectivity index (χ0) is 16.9. The molecule has 5 heteroatoms. The van der Waals surface area contributed by atoms with Gasteiger partial charge in [-0.25, -0.2) is 4.98 Å². The van der Waals surface area contributed by atoms with E-state index in [2.05, 4.69) is 24.0 Å². The minimum atomic E-state index is 0.0468. The Hall–Kier alpha value is -2.53. The number of anilines is 1. The summed E-state index contributed by atoms with van der Waals surface area (Å²) >= 11 is 1.45. The minimum Gasteiger partial charge on any atom is -0.315 e. The van der Waals surface area contributed by atoms with Crippen LogP contribution in [0.15, 0.2) is 72.1 Å². The van der Waals surface area contributed by atoms with Gasteiger partial charge in [0.25, 0.3) is 0 Å². The average molecular weight is 337 g/mol. The molecule has 4 nitrogen and oxygen atoms in total. The molecule has 0 bridgehead atoms. The topological polar surface area (TPSA) is 38.1 Å². The first-order chi connectivity index (χ1) is 11.7. The molecule has 0 radical (unpaired) electrons. The van der Waals surface area contributed by atoms with Crippen LogP contribution in [0, 0.1) is 6.92 Å². The molecule has 1 amide bonds. The van der Waals surface area contributed by atoms with Gasteiger partial charge in [-0.15, -0.1) is 0 Å². The molecule has 0 unspecified atom stereocenters. The number of aromatic nitrogens is 2. The van der Waals surface area contributed by atoms with Gasteiger partial charge in [0.15, 0.2) is 5.16 Å². The van der Waals surface area contributed by atoms with Gasteiger partial charge in [-0.2, -0.15) is 0 Å². The molecule has 0 spiro atoms. The lowest BCUT2D eigenvalue weighted by molar-refractivity contribution is -0.115. The van der Waals surface area contributed by atoms with Gasteiger partial charge < -0.3 is 4.90 Å². The largest absolute Gasteiger partial charge is 0.315 e. The first-order valence-corrected chi connectivity index (χ1v) is 8.69. The van der Waals surface area contributed by atoms with Crippen LogP contribution in [0.5, 0.6) is 0 Å². The predicted octanol–water partition coefficient (Wildman–Crippen LogP) is 3.94. The van der Waals surface area contributed by atoms with Gasteiger partial charge in [0.1, 0.15) is 0 Å². The quantitative estimate of drug-likeness (QED) is 0.662. The minimum absolute atomic E-state index is 0.0468. The smallest absolute Gasteiger partial charge is 0.237 e. The molecule has 122 valence electrons. The van der Waals surface area contributed by atoms with E-state index in [0.29, 0.717) is 5.75 Å². The van der Waals surface area contributed by atoms with Crippen LogP contribution in [0.3, 0.4) is 0 Å². The Bertz CT molecular complexity index is 829. The number of carbonyl (C=O) groups excluding carboxylic acids is 1. The van der Waals surface area contributed by atoms with E-state index in [9.17, 15) is 4.79 Å². The van der Waals surface area contributed by atoms with Crippen molar-refractivity contribution in [3.63, 3.8) is 0 Å². The van der Waals surface area contributed by atoms with E-state index in [1.165, 1.54) is 17.3 Å². The van der Waals surface area contributed by atoms with Crippen LogP contribution in [0.2, 0.25) is 0 Å². The highest BCUT2D eigenvalue weighted by Gasteiger charge is 2.14. The van der Waals surface area contributed by atoms with E-state index in [1.54, 1.807) is 18.1 Å².